The van der Waals surface area contributed by atoms with E-state index in [9.17, 15) is 9.59 Å². The summed E-state index contributed by atoms with van der Waals surface area (Å²) in [5, 5.41) is 8.40. The van der Waals surface area contributed by atoms with Crippen molar-refractivity contribution in [3.05, 3.63) is 35.9 Å². The summed E-state index contributed by atoms with van der Waals surface area (Å²) in [5.41, 5.74) is 7.99. The lowest BCUT2D eigenvalue weighted by Gasteiger charge is -2.18. The number of carbonyl (C=O) groups is 2. The van der Waals surface area contributed by atoms with Crippen LogP contribution < -0.4 is 11.2 Å². The first-order valence-electron chi connectivity index (χ1n) is 6.02. The van der Waals surface area contributed by atoms with E-state index in [0.29, 0.717) is 6.54 Å². The summed E-state index contributed by atoms with van der Waals surface area (Å²) in [4.78, 5) is 24.4. The van der Waals surface area contributed by atoms with E-state index in [-0.39, 0.29) is 18.7 Å². The topological polar surface area (TPSA) is 95.7 Å². The van der Waals surface area contributed by atoms with Crippen molar-refractivity contribution >= 4 is 11.8 Å². The highest BCUT2D eigenvalue weighted by Gasteiger charge is 2.16. The van der Waals surface area contributed by atoms with Gasteiger partial charge in [-0.1, -0.05) is 30.3 Å². The lowest BCUT2D eigenvalue weighted by Crippen LogP contribution is -2.40. The molecule has 4 N–H and O–H groups in total. The number of nitrogens with one attached hydrogen (secondary N) is 1. The van der Waals surface area contributed by atoms with E-state index in [4.69, 9.17) is 10.9 Å². The van der Waals surface area contributed by atoms with Gasteiger partial charge in [-0.25, -0.2) is 5.48 Å². The Balaban J connectivity index is 2.39. The van der Waals surface area contributed by atoms with Gasteiger partial charge in [0.15, 0.2) is 0 Å². The van der Waals surface area contributed by atoms with Crippen LogP contribution in [0.5, 0.6) is 0 Å². The van der Waals surface area contributed by atoms with Crippen LogP contribution in [0.25, 0.3) is 0 Å². The highest BCUT2D eigenvalue weighted by molar-refractivity contribution is 5.82. The van der Waals surface area contributed by atoms with E-state index in [1.807, 2.05) is 30.3 Å². The molecule has 0 aliphatic heterocycles. The molecule has 6 heteroatoms. The van der Waals surface area contributed by atoms with Crippen molar-refractivity contribution < 1.29 is 14.8 Å². The quantitative estimate of drug-likeness (QED) is 0.508. The molecule has 0 heterocycles. The van der Waals surface area contributed by atoms with Crippen LogP contribution in [0, 0.1) is 0 Å². The number of hydrogen-bond donors (Lipinski definition) is 3. The first kappa shape index (κ1) is 15.1. The lowest BCUT2D eigenvalue weighted by atomic mass is 10.1. The van der Waals surface area contributed by atoms with Gasteiger partial charge in [0.2, 0.25) is 5.91 Å². The van der Waals surface area contributed by atoms with Crippen molar-refractivity contribution in [1.29, 1.82) is 0 Å². The van der Waals surface area contributed by atoms with Crippen LogP contribution in [0.2, 0.25) is 0 Å². The fourth-order valence-electron chi connectivity index (χ4n) is 1.63. The Morgan fingerprint density at radius 3 is 2.58 bits per heavy atom. The minimum Gasteiger partial charge on any atom is -0.341 e. The second-order valence-electron chi connectivity index (χ2n) is 4.36. The van der Waals surface area contributed by atoms with Crippen LogP contribution in [-0.2, 0) is 16.1 Å². The van der Waals surface area contributed by atoms with E-state index in [1.54, 1.807) is 11.9 Å². The average molecular weight is 265 g/mol. The predicted octanol–water partition coefficient (Wildman–Crippen LogP) is 0.258. The second kappa shape index (κ2) is 7.50. The maximum atomic E-state index is 11.8. The third kappa shape index (κ3) is 5.07. The van der Waals surface area contributed by atoms with E-state index < -0.39 is 11.9 Å². The average Bonchev–Trinajstić information content (AvgIpc) is 2.44. The van der Waals surface area contributed by atoms with Gasteiger partial charge in [-0.2, -0.15) is 0 Å². The molecule has 0 spiro atoms. The van der Waals surface area contributed by atoms with Gasteiger partial charge in [-0.15, -0.1) is 0 Å². The van der Waals surface area contributed by atoms with Crippen LogP contribution in [-0.4, -0.2) is 35.0 Å². The van der Waals surface area contributed by atoms with Crippen molar-refractivity contribution in [3.8, 4) is 0 Å². The monoisotopic (exact) mass is 265 g/mol. The van der Waals surface area contributed by atoms with Crippen molar-refractivity contribution in [2.24, 2.45) is 5.73 Å². The minimum absolute atomic E-state index is 0.0926. The Labute approximate surface area is 112 Å². The molecular weight excluding hydrogens is 246 g/mol. The van der Waals surface area contributed by atoms with Gasteiger partial charge in [-0.3, -0.25) is 14.8 Å². The number of nitrogens with zero attached hydrogens (tertiary/aromatic N) is 1. The molecular formula is C13H19N3O3. The number of amides is 2. The summed E-state index contributed by atoms with van der Waals surface area (Å²) in [5.74, 6) is -0.774. The van der Waals surface area contributed by atoms with Gasteiger partial charge >= 0.3 is 0 Å². The Bertz CT molecular complexity index is 422. The maximum Gasteiger partial charge on any atom is 0.260 e. The van der Waals surface area contributed by atoms with Gasteiger partial charge in [-0.05, 0) is 12.0 Å². The molecule has 1 atom stereocenters. The summed E-state index contributed by atoms with van der Waals surface area (Å²) < 4.78 is 0. The Kier molecular flexibility index (Phi) is 5.98. The minimum atomic E-state index is -0.876. The molecule has 1 rings (SSSR count). The van der Waals surface area contributed by atoms with Crippen molar-refractivity contribution in [3.63, 3.8) is 0 Å². The van der Waals surface area contributed by atoms with Gasteiger partial charge < -0.3 is 10.6 Å². The summed E-state index contributed by atoms with van der Waals surface area (Å²) in [6.07, 6.45) is 0.363. The molecule has 1 aromatic rings. The second-order valence-corrected chi connectivity index (χ2v) is 4.36. The summed E-state index contributed by atoms with van der Waals surface area (Å²) in [7, 11) is 1.70. The first-order chi connectivity index (χ1) is 9.04. The zero-order chi connectivity index (χ0) is 14.3. The van der Waals surface area contributed by atoms with Gasteiger partial charge in [0, 0.05) is 20.0 Å². The molecule has 1 unspecified atom stereocenters. The first-order valence-corrected chi connectivity index (χ1v) is 6.02. The normalized spacial score (nSPS) is 11.7. The van der Waals surface area contributed by atoms with Crippen LogP contribution in [0.15, 0.2) is 30.3 Å². The molecule has 6 nitrogen and oxygen atoms in total. The maximum absolute atomic E-state index is 11.8. The Hall–Kier alpha value is -1.92. The standard InChI is InChI=1S/C13H19N3O3/c1-16(9-10-5-3-2-4-6-10)12(17)8-7-11(14)13(18)15-19/h2-6,11,19H,7-9,14H2,1H3,(H,15,18). The molecule has 0 fully saturated rings. The highest BCUT2D eigenvalue weighted by Crippen LogP contribution is 2.05. The number of carbonyl (C=O) groups excluding carboxylic acids is 2. The number of rotatable bonds is 6. The molecule has 0 saturated carbocycles. The number of hydrogen-bond acceptors (Lipinski definition) is 4. The van der Waals surface area contributed by atoms with Crippen molar-refractivity contribution in [2.75, 3.05) is 7.05 Å². The van der Waals surface area contributed by atoms with E-state index in [2.05, 4.69) is 0 Å². The van der Waals surface area contributed by atoms with E-state index >= 15 is 0 Å². The Morgan fingerprint density at radius 2 is 2.00 bits per heavy atom. The molecule has 2 amide bonds. The molecule has 0 saturated heterocycles. The zero-order valence-electron chi connectivity index (χ0n) is 10.9. The third-order valence-corrected chi connectivity index (χ3v) is 2.80. The predicted molar refractivity (Wildman–Crippen MR) is 70.1 cm³/mol. The lowest BCUT2D eigenvalue weighted by molar-refractivity contribution is -0.132. The molecule has 0 aliphatic carbocycles. The summed E-state index contributed by atoms with van der Waals surface area (Å²) in [6.45, 7) is 0.515. The molecule has 0 aromatic heterocycles. The molecule has 0 aliphatic rings. The third-order valence-electron chi connectivity index (χ3n) is 2.80. The van der Waals surface area contributed by atoms with Crippen molar-refractivity contribution in [1.82, 2.24) is 10.4 Å². The van der Waals surface area contributed by atoms with Crippen LogP contribution in [0.3, 0.4) is 0 Å². The highest BCUT2D eigenvalue weighted by atomic mass is 16.5. The number of benzene rings is 1. The largest absolute Gasteiger partial charge is 0.341 e. The van der Waals surface area contributed by atoms with E-state index in [1.165, 1.54) is 5.48 Å². The van der Waals surface area contributed by atoms with Crippen LogP contribution in [0.4, 0.5) is 0 Å². The summed E-state index contributed by atoms with van der Waals surface area (Å²) in [6, 6.07) is 8.74. The SMILES string of the molecule is CN(Cc1ccccc1)C(=O)CCC(N)C(=O)NO. The van der Waals surface area contributed by atoms with Crippen molar-refractivity contribution in [2.45, 2.75) is 25.4 Å². The summed E-state index contributed by atoms with van der Waals surface area (Å²) >= 11 is 0. The van der Waals surface area contributed by atoms with Crippen LogP contribution >= 0.6 is 0 Å². The number of nitrogens with two attached hydrogens (primary N) is 1. The molecule has 1 aromatic carbocycles. The zero-order valence-corrected chi connectivity index (χ0v) is 10.9. The van der Waals surface area contributed by atoms with Gasteiger partial charge in [0.1, 0.15) is 0 Å². The fourth-order valence-corrected chi connectivity index (χ4v) is 1.63. The number of hydroxylamine groups is 1. The molecule has 104 valence electrons. The molecule has 0 bridgehead atoms. The smallest absolute Gasteiger partial charge is 0.260 e. The Morgan fingerprint density at radius 1 is 1.37 bits per heavy atom. The van der Waals surface area contributed by atoms with Gasteiger partial charge in [0.05, 0.1) is 6.04 Å². The van der Waals surface area contributed by atoms with Gasteiger partial charge in [0.25, 0.3) is 5.91 Å². The van der Waals surface area contributed by atoms with E-state index in [0.717, 1.165) is 5.56 Å². The molecule has 19 heavy (non-hydrogen) atoms. The molecule has 0 radical (unpaired) electrons. The van der Waals surface area contributed by atoms with Crippen LogP contribution in [0.1, 0.15) is 18.4 Å². The fraction of sp³-hybridized carbons (Fsp3) is 0.385.